The normalized spacial score (nSPS) is 12.4. The smallest absolute Gasteiger partial charge is 0.244 e. The fourth-order valence-corrected chi connectivity index (χ4v) is 5.72. The van der Waals surface area contributed by atoms with Crippen molar-refractivity contribution in [1.29, 1.82) is 0 Å². The number of carbonyl (C=O) groups is 2. The van der Waals surface area contributed by atoms with Gasteiger partial charge in [-0.2, -0.15) is 0 Å². The van der Waals surface area contributed by atoms with Crippen LogP contribution in [0.4, 0.5) is 5.69 Å². The molecule has 0 spiro atoms. The highest BCUT2D eigenvalue weighted by Gasteiger charge is 2.35. The molecule has 1 atom stereocenters. The fourth-order valence-electron chi connectivity index (χ4n) is 4.35. The van der Waals surface area contributed by atoms with Crippen molar-refractivity contribution in [3.63, 3.8) is 0 Å². The molecule has 0 aliphatic rings. The molecule has 3 aromatic carbocycles. The third-order valence-electron chi connectivity index (χ3n) is 6.27. The topological polar surface area (TPSA) is 96.0 Å². The number of hydrogen-bond donors (Lipinski definition) is 1. The zero-order valence-corrected chi connectivity index (χ0v) is 26.8. The quantitative estimate of drug-likeness (QED) is 0.275. The van der Waals surface area contributed by atoms with Crippen LogP contribution in [0.2, 0.25) is 10.0 Å². The van der Waals surface area contributed by atoms with Gasteiger partial charge in [-0.05, 0) is 69.7 Å². The molecular weight excluding hydrogens is 597 g/mol. The maximum Gasteiger partial charge on any atom is 0.244 e. The number of hydrogen-bond acceptors (Lipinski definition) is 5. The molecule has 0 saturated carbocycles. The molecule has 2 amide bonds. The average molecular weight is 635 g/mol. The molecule has 0 aliphatic carbocycles. The number of halogens is 2. The molecule has 0 fully saturated rings. The average Bonchev–Trinajstić information content (AvgIpc) is 2.90. The molecule has 3 aromatic rings. The van der Waals surface area contributed by atoms with Crippen molar-refractivity contribution in [2.75, 3.05) is 23.7 Å². The van der Waals surface area contributed by atoms with Crippen LogP contribution in [-0.4, -0.2) is 56.1 Å². The summed E-state index contributed by atoms with van der Waals surface area (Å²) in [5.41, 5.74) is 0.955. The minimum absolute atomic E-state index is 0.118. The lowest BCUT2D eigenvalue weighted by molar-refractivity contribution is -0.140. The molecule has 0 radical (unpaired) electrons. The van der Waals surface area contributed by atoms with Gasteiger partial charge in [-0.1, -0.05) is 59.6 Å². The molecule has 11 heteroatoms. The molecule has 0 bridgehead atoms. The number of ether oxygens (including phenoxy) is 1. The zero-order valence-electron chi connectivity index (χ0n) is 24.4. The monoisotopic (exact) mass is 633 g/mol. The maximum absolute atomic E-state index is 14.2. The largest absolute Gasteiger partial charge is 0.494 e. The lowest BCUT2D eigenvalue weighted by atomic mass is 10.0. The molecule has 0 aliphatic heterocycles. The van der Waals surface area contributed by atoms with Gasteiger partial charge in [0, 0.05) is 34.1 Å². The molecular formula is C31H37Cl2N3O5S. The van der Waals surface area contributed by atoms with Crippen LogP contribution in [0.15, 0.2) is 72.8 Å². The second kappa shape index (κ2) is 14.3. The number of rotatable bonds is 12. The third-order valence-corrected chi connectivity index (χ3v) is 8.12. The van der Waals surface area contributed by atoms with Crippen LogP contribution in [0.3, 0.4) is 0 Å². The van der Waals surface area contributed by atoms with Crippen LogP contribution in [0, 0.1) is 0 Å². The van der Waals surface area contributed by atoms with Crippen LogP contribution in [0.5, 0.6) is 5.75 Å². The van der Waals surface area contributed by atoms with E-state index in [9.17, 15) is 18.0 Å². The third kappa shape index (κ3) is 9.37. The number of sulfonamides is 1. The molecule has 226 valence electrons. The van der Waals surface area contributed by atoms with E-state index < -0.39 is 40.0 Å². The SMILES string of the molecule is CCOc1ccc(N(CC(=O)N(Cc2c(Cl)cccc2Cl)C(Cc2ccccc2)C(=O)NC(C)(C)C)S(C)(=O)=O)cc1. The number of carbonyl (C=O) groups excluding carboxylic acids is 2. The summed E-state index contributed by atoms with van der Waals surface area (Å²) < 4.78 is 32.4. The van der Waals surface area contributed by atoms with E-state index >= 15 is 0 Å². The predicted octanol–water partition coefficient (Wildman–Crippen LogP) is 5.71. The molecule has 8 nitrogen and oxygen atoms in total. The van der Waals surface area contributed by atoms with Crippen molar-refractivity contribution in [3.05, 3.63) is 94.0 Å². The number of anilines is 1. The lowest BCUT2D eigenvalue weighted by Crippen LogP contribution is -2.56. The number of nitrogens with zero attached hydrogens (tertiary/aromatic N) is 2. The van der Waals surface area contributed by atoms with Gasteiger partial charge in [-0.3, -0.25) is 13.9 Å². The van der Waals surface area contributed by atoms with Gasteiger partial charge in [0.15, 0.2) is 0 Å². The van der Waals surface area contributed by atoms with Gasteiger partial charge in [-0.25, -0.2) is 8.42 Å². The summed E-state index contributed by atoms with van der Waals surface area (Å²) in [6.07, 6.45) is 1.21. The van der Waals surface area contributed by atoms with Crippen molar-refractivity contribution in [2.45, 2.75) is 52.2 Å². The summed E-state index contributed by atoms with van der Waals surface area (Å²) in [7, 11) is -3.90. The fraction of sp³-hybridized carbons (Fsp3) is 0.355. The summed E-state index contributed by atoms with van der Waals surface area (Å²) in [5.74, 6) is -0.428. The van der Waals surface area contributed by atoms with Crippen LogP contribution in [-0.2, 0) is 32.6 Å². The highest BCUT2D eigenvalue weighted by Crippen LogP contribution is 2.28. The van der Waals surface area contributed by atoms with Crippen molar-refractivity contribution < 1.29 is 22.7 Å². The summed E-state index contributed by atoms with van der Waals surface area (Å²) in [5, 5.41) is 3.62. The summed E-state index contributed by atoms with van der Waals surface area (Å²) >= 11 is 13.0. The number of amides is 2. The Bertz CT molecular complexity index is 1460. The molecule has 0 saturated heterocycles. The second-order valence-electron chi connectivity index (χ2n) is 10.9. The predicted molar refractivity (Wildman–Crippen MR) is 169 cm³/mol. The second-order valence-corrected chi connectivity index (χ2v) is 13.6. The van der Waals surface area contributed by atoms with E-state index in [2.05, 4.69) is 5.32 Å². The molecule has 42 heavy (non-hydrogen) atoms. The van der Waals surface area contributed by atoms with Gasteiger partial charge < -0.3 is 15.0 Å². The van der Waals surface area contributed by atoms with Gasteiger partial charge in [0.1, 0.15) is 18.3 Å². The highest BCUT2D eigenvalue weighted by atomic mass is 35.5. The van der Waals surface area contributed by atoms with Crippen molar-refractivity contribution >= 4 is 50.7 Å². The Balaban J connectivity index is 2.10. The first kappa shape index (κ1) is 33.2. The van der Waals surface area contributed by atoms with E-state index in [1.807, 2.05) is 58.0 Å². The molecule has 0 heterocycles. The molecule has 1 unspecified atom stereocenters. The summed E-state index contributed by atoms with van der Waals surface area (Å²) in [6, 6.07) is 19.7. The van der Waals surface area contributed by atoms with Crippen molar-refractivity contribution in [1.82, 2.24) is 10.2 Å². The van der Waals surface area contributed by atoms with Gasteiger partial charge in [-0.15, -0.1) is 0 Å². The van der Waals surface area contributed by atoms with Gasteiger partial charge in [0.2, 0.25) is 21.8 Å². The first-order chi connectivity index (χ1) is 19.7. The summed E-state index contributed by atoms with van der Waals surface area (Å²) in [6.45, 7) is 7.16. The van der Waals surface area contributed by atoms with E-state index in [1.165, 1.54) is 4.90 Å². The first-order valence-corrected chi connectivity index (χ1v) is 16.1. The maximum atomic E-state index is 14.2. The Morgan fingerprint density at radius 1 is 0.929 bits per heavy atom. The Morgan fingerprint density at radius 2 is 1.52 bits per heavy atom. The lowest BCUT2D eigenvalue weighted by Gasteiger charge is -2.35. The number of benzene rings is 3. The Morgan fingerprint density at radius 3 is 2.05 bits per heavy atom. The molecule has 0 aromatic heterocycles. The van der Waals surface area contributed by atoms with Crippen LogP contribution < -0.4 is 14.4 Å². The Hall–Kier alpha value is -3.27. The Kier molecular flexibility index (Phi) is 11.3. The minimum Gasteiger partial charge on any atom is -0.494 e. The van der Waals surface area contributed by atoms with Crippen LogP contribution in [0.1, 0.15) is 38.8 Å². The van der Waals surface area contributed by atoms with E-state index in [-0.39, 0.29) is 18.7 Å². The van der Waals surface area contributed by atoms with E-state index in [4.69, 9.17) is 27.9 Å². The van der Waals surface area contributed by atoms with Crippen molar-refractivity contribution in [3.8, 4) is 5.75 Å². The summed E-state index contributed by atoms with van der Waals surface area (Å²) in [4.78, 5) is 29.4. The molecule has 3 rings (SSSR count). The minimum atomic E-state index is -3.90. The number of nitrogens with one attached hydrogen (secondary N) is 1. The van der Waals surface area contributed by atoms with Crippen molar-refractivity contribution in [2.24, 2.45) is 0 Å². The zero-order chi connectivity index (χ0) is 31.1. The Labute approximate surface area is 258 Å². The van der Waals surface area contributed by atoms with Gasteiger partial charge in [0.05, 0.1) is 18.6 Å². The highest BCUT2D eigenvalue weighted by molar-refractivity contribution is 7.92. The van der Waals surface area contributed by atoms with E-state index in [0.29, 0.717) is 28.0 Å². The standard InChI is InChI=1S/C31H37Cl2N3O5S/c1-6-41-24-17-15-23(16-18-24)36(42(5,39)40)21-29(37)35(20-25-26(32)13-10-14-27(25)33)28(30(38)34-31(2,3)4)19-22-11-8-7-9-12-22/h7-18,28H,6,19-21H2,1-5H3,(H,34,38). The van der Waals surface area contributed by atoms with Crippen LogP contribution in [0.25, 0.3) is 0 Å². The van der Waals surface area contributed by atoms with Gasteiger partial charge >= 0.3 is 0 Å². The van der Waals surface area contributed by atoms with E-state index in [0.717, 1.165) is 16.1 Å². The van der Waals surface area contributed by atoms with Gasteiger partial charge in [0.25, 0.3) is 0 Å². The van der Waals surface area contributed by atoms with E-state index in [1.54, 1.807) is 42.5 Å². The molecule has 1 N–H and O–H groups in total. The first-order valence-electron chi connectivity index (χ1n) is 13.5. The van der Waals surface area contributed by atoms with Crippen LogP contribution >= 0.6 is 23.2 Å².